The molecule has 0 saturated heterocycles. The van der Waals surface area contributed by atoms with Gasteiger partial charge in [-0.2, -0.15) is 0 Å². The number of carbonyl (C=O) groups is 1. The van der Waals surface area contributed by atoms with E-state index in [9.17, 15) is 4.79 Å². The van der Waals surface area contributed by atoms with Crippen LogP contribution in [0.2, 0.25) is 0 Å². The molecule has 26 heavy (non-hydrogen) atoms. The lowest BCUT2D eigenvalue weighted by Gasteiger charge is -2.09. The Morgan fingerprint density at radius 2 is 2.08 bits per heavy atom. The van der Waals surface area contributed by atoms with Crippen LogP contribution in [0, 0.1) is 5.92 Å². The Balaban J connectivity index is 0.00000168. The molecule has 6 heteroatoms. The van der Waals surface area contributed by atoms with E-state index in [1.165, 1.54) is 0 Å². The quantitative estimate of drug-likeness (QED) is 0.690. The summed E-state index contributed by atoms with van der Waals surface area (Å²) in [5.74, 6) is 1.39. The third-order valence-corrected chi connectivity index (χ3v) is 4.99. The molecule has 1 aliphatic carbocycles. The molecular weight excluding hydrogens is 350 g/mol. The minimum atomic E-state index is 0. The number of aromatic nitrogens is 2. The standard InChI is InChI=1S/C20H19N3O2.ClH/c24-19(12-1-2-12)17-11-23-20-16(17)8-14(10-22-20)13-3-4-18-15(7-13)9-21-5-6-25-18;/h3-4,7-8,10-12,21H,1-2,5-6,9H2,(H,22,23);1H. The summed E-state index contributed by atoms with van der Waals surface area (Å²) in [6.45, 7) is 2.35. The Labute approximate surface area is 157 Å². The summed E-state index contributed by atoms with van der Waals surface area (Å²) < 4.78 is 5.75. The van der Waals surface area contributed by atoms with Crippen LogP contribution in [0.1, 0.15) is 28.8 Å². The zero-order valence-electron chi connectivity index (χ0n) is 14.2. The number of ketones is 1. The Bertz CT molecular complexity index is 978. The summed E-state index contributed by atoms with van der Waals surface area (Å²) in [5.41, 5.74) is 4.80. The van der Waals surface area contributed by atoms with Crippen molar-refractivity contribution in [2.45, 2.75) is 19.4 Å². The van der Waals surface area contributed by atoms with Crippen LogP contribution in [0.4, 0.5) is 0 Å². The van der Waals surface area contributed by atoms with Crippen LogP contribution in [-0.4, -0.2) is 28.9 Å². The van der Waals surface area contributed by atoms with Crippen molar-refractivity contribution in [3.05, 3.63) is 47.8 Å². The molecule has 3 heterocycles. The topological polar surface area (TPSA) is 67.0 Å². The highest BCUT2D eigenvalue weighted by Gasteiger charge is 2.32. The average Bonchev–Trinajstić information content (AvgIpc) is 3.43. The Hall–Kier alpha value is -2.37. The van der Waals surface area contributed by atoms with Gasteiger partial charge in [-0.1, -0.05) is 6.07 Å². The number of benzene rings is 1. The molecule has 134 valence electrons. The fourth-order valence-electron chi connectivity index (χ4n) is 3.42. The first-order chi connectivity index (χ1) is 12.3. The van der Waals surface area contributed by atoms with Crippen molar-refractivity contribution in [2.75, 3.05) is 13.2 Å². The highest BCUT2D eigenvalue weighted by atomic mass is 35.5. The van der Waals surface area contributed by atoms with E-state index >= 15 is 0 Å². The van der Waals surface area contributed by atoms with E-state index in [-0.39, 0.29) is 24.1 Å². The van der Waals surface area contributed by atoms with Crippen molar-refractivity contribution >= 4 is 29.2 Å². The lowest BCUT2D eigenvalue weighted by atomic mass is 10.0. The smallest absolute Gasteiger partial charge is 0.168 e. The first-order valence-corrected chi connectivity index (χ1v) is 8.78. The molecule has 0 spiro atoms. The van der Waals surface area contributed by atoms with Gasteiger partial charge in [0.25, 0.3) is 0 Å². The maximum Gasteiger partial charge on any atom is 0.168 e. The minimum Gasteiger partial charge on any atom is -0.492 e. The predicted octanol–water partition coefficient (Wildman–Crippen LogP) is 3.73. The maximum atomic E-state index is 12.5. The first kappa shape index (κ1) is 17.1. The molecule has 1 saturated carbocycles. The van der Waals surface area contributed by atoms with Gasteiger partial charge in [-0.05, 0) is 36.6 Å². The van der Waals surface area contributed by atoms with Gasteiger partial charge in [0.05, 0.1) is 0 Å². The summed E-state index contributed by atoms with van der Waals surface area (Å²) in [6.07, 6.45) is 5.68. The second-order valence-corrected chi connectivity index (χ2v) is 6.81. The summed E-state index contributed by atoms with van der Waals surface area (Å²) >= 11 is 0. The molecule has 1 aliphatic heterocycles. The number of carbonyl (C=O) groups excluding carboxylic acids is 1. The second kappa shape index (κ2) is 6.74. The van der Waals surface area contributed by atoms with Crippen LogP contribution in [0.5, 0.6) is 5.75 Å². The molecule has 0 unspecified atom stereocenters. The van der Waals surface area contributed by atoms with Gasteiger partial charge in [0.15, 0.2) is 5.78 Å². The van der Waals surface area contributed by atoms with Crippen LogP contribution < -0.4 is 10.1 Å². The number of aromatic amines is 1. The molecule has 0 radical (unpaired) electrons. The molecular formula is C20H20ClN3O2. The number of fused-ring (bicyclic) bond motifs is 2. The third-order valence-electron chi connectivity index (χ3n) is 4.99. The van der Waals surface area contributed by atoms with E-state index < -0.39 is 0 Å². The van der Waals surface area contributed by atoms with Crippen molar-refractivity contribution < 1.29 is 9.53 Å². The van der Waals surface area contributed by atoms with Gasteiger partial charge in [-0.25, -0.2) is 4.98 Å². The number of Topliss-reactive ketones (excluding diaryl/α,β-unsaturated/α-hetero) is 1. The fourth-order valence-corrected chi connectivity index (χ4v) is 3.42. The van der Waals surface area contributed by atoms with Crippen LogP contribution in [-0.2, 0) is 6.54 Å². The molecule has 0 amide bonds. The molecule has 2 aliphatic rings. The number of nitrogens with one attached hydrogen (secondary N) is 2. The Kier molecular flexibility index (Phi) is 4.42. The van der Waals surface area contributed by atoms with E-state index in [0.29, 0.717) is 6.61 Å². The number of halogens is 1. The van der Waals surface area contributed by atoms with E-state index in [1.807, 2.05) is 12.3 Å². The third kappa shape index (κ3) is 2.97. The predicted molar refractivity (Wildman–Crippen MR) is 103 cm³/mol. The number of nitrogens with zero attached hydrogens (tertiary/aromatic N) is 1. The molecule has 0 atom stereocenters. The molecule has 5 rings (SSSR count). The van der Waals surface area contributed by atoms with Crippen LogP contribution in [0.25, 0.3) is 22.2 Å². The average molecular weight is 370 g/mol. The van der Waals surface area contributed by atoms with Gasteiger partial charge in [0.2, 0.25) is 0 Å². The van der Waals surface area contributed by atoms with Crippen molar-refractivity contribution in [3.8, 4) is 16.9 Å². The summed E-state index contributed by atoms with van der Waals surface area (Å²) in [4.78, 5) is 20.1. The van der Waals surface area contributed by atoms with Crippen molar-refractivity contribution in [1.82, 2.24) is 15.3 Å². The van der Waals surface area contributed by atoms with Crippen molar-refractivity contribution in [3.63, 3.8) is 0 Å². The van der Waals surface area contributed by atoms with Gasteiger partial charge >= 0.3 is 0 Å². The number of hydrogen-bond acceptors (Lipinski definition) is 4. The van der Waals surface area contributed by atoms with Crippen molar-refractivity contribution in [1.29, 1.82) is 0 Å². The molecule has 0 bridgehead atoms. The van der Waals surface area contributed by atoms with Crippen molar-refractivity contribution in [2.24, 2.45) is 5.92 Å². The van der Waals surface area contributed by atoms with Crippen LogP contribution in [0.3, 0.4) is 0 Å². The SMILES string of the molecule is Cl.O=C(c1c[nH]c2ncc(-c3ccc4c(c3)CNCCO4)cc12)C1CC1. The number of H-pyrrole nitrogens is 1. The molecule has 1 fully saturated rings. The number of rotatable bonds is 3. The maximum absolute atomic E-state index is 12.5. The molecule has 5 nitrogen and oxygen atoms in total. The first-order valence-electron chi connectivity index (χ1n) is 8.78. The van der Waals surface area contributed by atoms with Gasteiger partial charge in [-0.3, -0.25) is 4.79 Å². The van der Waals surface area contributed by atoms with Gasteiger partial charge in [0.1, 0.15) is 18.0 Å². The highest BCUT2D eigenvalue weighted by molar-refractivity contribution is 6.09. The molecule has 2 aromatic heterocycles. The summed E-state index contributed by atoms with van der Waals surface area (Å²) in [7, 11) is 0. The van der Waals surface area contributed by atoms with Gasteiger partial charge in [-0.15, -0.1) is 12.4 Å². The lowest BCUT2D eigenvalue weighted by molar-refractivity contribution is 0.0969. The summed E-state index contributed by atoms with van der Waals surface area (Å²) in [6, 6.07) is 8.30. The van der Waals surface area contributed by atoms with Crippen LogP contribution >= 0.6 is 12.4 Å². The Morgan fingerprint density at radius 3 is 2.92 bits per heavy atom. The van der Waals surface area contributed by atoms with E-state index in [0.717, 1.165) is 65.0 Å². The van der Waals surface area contributed by atoms with E-state index in [4.69, 9.17) is 4.74 Å². The fraction of sp³-hybridized carbons (Fsp3) is 0.300. The zero-order chi connectivity index (χ0) is 16.8. The highest BCUT2D eigenvalue weighted by Crippen LogP contribution is 2.35. The van der Waals surface area contributed by atoms with Crippen LogP contribution in [0.15, 0.2) is 36.7 Å². The number of pyridine rings is 1. The molecule has 1 aromatic carbocycles. The van der Waals surface area contributed by atoms with Gasteiger partial charge < -0.3 is 15.0 Å². The zero-order valence-corrected chi connectivity index (χ0v) is 15.1. The van der Waals surface area contributed by atoms with E-state index in [2.05, 4.69) is 33.5 Å². The normalized spacial score (nSPS) is 16.3. The molecule has 2 N–H and O–H groups in total. The van der Waals surface area contributed by atoms with E-state index in [1.54, 1.807) is 6.20 Å². The lowest BCUT2D eigenvalue weighted by Crippen LogP contribution is -2.16. The Morgan fingerprint density at radius 1 is 1.19 bits per heavy atom. The van der Waals surface area contributed by atoms with Gasteiger partial charge in [0, 0.05) is 53.5 Å². The second-order valence-electron chi connectivity index (χ2n) is 6.81. The monoisotopic (exact) mass is 369 g/mol. The minimum absolute atomic E-state index is 0. The summed E-state index contributed by atoms with van der Waals surface area (Å²) in [5, 5.41) is 4.28. The molecule has 3 aromatic rings. The number of hydrogen-bond donors (Lipinski definition) is 2. The largest absolute Gasteiger partial charge is 0.492 e. The number of ether oxygens (including phenoxy) is 1.